The molecule has 18 heteroatoms. The van der Waals surface area contributed by atoms with E-state index < -0.39 is 16.1 Å². The summed E-state index contributed by atoms with van der Waals surface area (Å²) < 4.78 is 38.7. The van der Waals surface area contributed by atoms with Crippen LogP contribution >= 0.6 is 0 Å². The van der Waals surface area contributed by atoms with E-state index in [1.807, 2.05) is 31.6 Å². The van der Waals surface area contributed by atoms with Crippen LogP contribution in [0, 0.1) is 11.3 Å². The number of piperidine rings is 2. The van der Waals surface area contributed by atoms with Gasteiger partial charge in [-0.25, -0.2) is 22.9 Å². The van der Waals surface area contributed by atoms with Crippen molar-refractivity contribution in [2.24, 2.45) is 7.05 Å². The Bertz CT molecular complexity index is 2480. The number of likely N-dealkylation sites (tertiary alicyclic amines) is 1. The monoisotopic (exact) mass is 794 g/mol. The minimum absolute atomic E-state index is 0.0115. The molecular formula is C39H46N12O5S. The molecule has 3 aliphatic heterocycles. The normalized spacial score (nSPS) is 18.1. The number of amides is 3. The Morgan fingerprint density at radius 1 is 1.02 bits per heavy atom. The Morgan fingerprint density at radius 2 is 1.81 bits per heavy atom. The molecule has 0 aliphatic carbocycles. The number of sulfonamides is 1. The number of imide groups is 1. The molecule has 0 bridgehead atoms. The van der Waals surface area contributed by atoms with Crippen LogP contribution in [-0.2, 0) is 21.9 Å². The summed E-state index contributed by atoms with van der Waals surface area (Å²) in [5.74, 6) is 1.38. The van der Waals surface area contributed by atoms with E-state index in [4.69, 9.17) is 4.74 Å². The lowest BCUT2D eigenvalue weighted by Gasteiger charge is -2.32. The molecule has 3 saturated heterocycles. The molecule has 3 fully saturated rings. The molecule has 17 nitrogen and oxygen atoms in total. The smallest absolute Gasteiger partial charge is 0.329 e. The topological polar surface area (TPSA) is 196 Å². The third-order valence-corrected chi connectivity index (χ3v) is 13.1. The van der Waals surface area contributed by atoms with Gasteiger partial charge in [-0.3, -0.25) is 24.6 Å². The number of aryl methyl sites for hydroxylation is 1. The first kappa shape index (κ1) is 38.2. The van der Waals surface area contributed by atoms with Crippen molar-refractivity contribution in [1.29, 1.82) is 5.26 Å². The van der Waals surface area contributed by atoms with Gasteiger partial charge in [0.1, 0.15) is 18.4 Å². The number of carbonyl (C=O) groups is 2. The van der Waals surface area contributed by atoms with E-state index in [2.05, 4.69) is 53.9 Å². The first-order valence-electron chi connectivity index (χ1n) is 19.4. The van der Waals surface area contributed by atoms with Crippen LogP contribution in [0.15, 0.2) is 53.7 Å². The van der Waals surface area contributed by atoms with Crippen molar-refractivity contribution in [3.8, 4) is 11.8 Å². The number of hydrogen-bond acceptors (Lipinski definition) is 12. The van der Waals surface area contributed by atoms with Crippen molar-refractivity contribution in [1.82, 2.24) is 44.1 Å². The number of aromatic nitrogens is 6. The minimum Gasteiger partial charge on any atom is -0.491 e. The van der Waals surface area contributed by atoms with Gasteiger partial charge in [0, 0.05) is 69.4 Å². The lowest BCUT2D eigenvalue weighted by Crippen LogP contribution is -2.49. The fraction of sp³-hybridized carbons (Fsp3) is 0.462. The molecule has 3 aliphatic rings. The highest BCUT2D eigenvalue weighted by Crippen LogP contribution is 2.34. The minimum atomic E-state index is -3.82. The van der Waals surface area contributed by atoms with E-state index in [1.54, 1.807) is 17.1 Å². The molecule has 5 aromatic rings. The maximum absolute atomic E-state index is 13.8. The number of hydrogen-bond donors (Lipinski definition) is 2. The number of fused-ring (bicyclic) bond motifs is 2. The molecule has 6 heterocycles. The number of urea groups is 1. The number of anilines is 2. The Balaban J connectivity index is 0.838. The van der Waals surface area contributed by atoms with Crippen LogP contribution in [0.1, 0.15) is 69.0 Å². The fourth-order valence-corrected chi connectivity index (χ4v) is 9.47. The van der Waals surface area contributed by atoms with E-state index in [-0.39, 0.29) is 40.6 Å². The quantitative estimate of drug-likeness (QED) is 0.194. The number of carbonyl (C=O) groups excluding carboxylic acids is 2. The number of nitrogens with zero attached hydrogens (tertiary/aromatic N) is 10. The predicted molar refractivity (Wildman–Crippen MR) is 212 cm³/mol. The molecule has 0 unspecified atom stereocenters. The van der Waals surface area contributed by atoms with Gasteiger partial charge in [-0.1, -0.05) is 6.07 Å². The van der Waals surface area contributed by atoms with Crippen molar-refractivity contribution in [3.63, 3.8) is 0 Å². The van der Waals surface area contributed by atoms with Crippen LogP contribution in [-0.4, -0.2) is 111 Å². The van der Waals surface area contributed by atoms with E-state index >= 15 is 0 Å². The van der Waals surface area contributed by atoms with Gasteiger partial charge in [0.25, 0.3) is 0 Å². The summed E-state index contributed by atoms with van der Waals surface area (Å²) in [5.41, 5.74) is 3.18. The van der Waals surface area contributed by atoms with Crippen LogP contribution in [0.5, 0.6) is 5.75 Å². The standard InChI is InChI=1S/C39H46N12O5S/c1-25(2)51-36-29(24-42-51)23-41-38(45-36)43-30-10-15-49(16-11-30)57(54,55)31-6-4-28(22-40)34(21-31)56-19-18-48-13-8-26(9-14-48)27-5-7-32-33(20-27)47(3)46-37(32)50-17-12-35(52)44-39(50)53/h4-7,20-21,23-26,30H,8-19H2,1-3H3,(H,41,43,45)(H,44,52,53). The molecule has 3 aromatic heterocycles. The molecule has 2 aromatic carbocycles. The molecule has 8 rings (SSSR count). The van der Waals surface area contributed by atoms with E-state index in [0.717, 1.165) is 47.9 Å². The highest BCUT2D eigenvalue weighted by Gasteiger charge is 2.32. The summed E-state index contributed by atoms with van der Waals surface area (Å²) >= 11 is 0. The second-order valence-electron chi connectivity index (χ2n) is 15.2. The van der Waals surface area contributed by atoms with Gasteiger partial charge in [-0.05, 0) is 88.4 Å². The lowest BCUT2D eigenvalue weighted by atomic mass is 9.89. The average molecular weight is 795 g/mol. The third kappa shape index (κ3) is 7.74. The van der Waals surface area contributed by atoms with Crippen molar-refractivity contribution >= 4 is 55.7 Å². The summed E-state index contributed by atoms with van der Waals surface area (Å²) in [7, 11) is -1.96. The number of nitriles is 1. The van der Waals surface area contributed by atoms with Crippen LogP contribution < -0.4 is 20.3 Å². The fourth-order valence-electron chi connectivity index (χ4n) is 7.98. The molecule has 57 heavy (non-hydrogen) atoms. The van der Waals surface area contributed by atoms with E-state index in [0.29, 0.717) is 63.3 Å². The first-order valence-corrected chi connectivity index (χ1v) is 20.9. The van der Waals surface area contributed by atoms with Gasteiger partial charge < -0.3 is 10.1 Å². The summed E-state index contributed by atoms with van der Waals surface area (Å²) in [4.78, 5) is 37.2. The molecule has 2 N–H and O–H groups in total. The highest BCUT2D eigenvalue weighted by molar-refractivity contribution is 7.89. The molecule has 0 atom stereocenters. The summed E-state index contributed by atoms with van der Waals surface area (Å²) in [6.07, 6.45) is 6.80. The Labute approximate surface area is 330 Å². The first-order chi connectivity index (χ1) is 27.5. The van der Waals surface area contributed by atoms with Gasteiger partial charge in [-0.2, -0.15) is 24.7 Å². The van der Waals surface area contributed by atoms with Gasteiger partial charge in [0.15, 0.2) is 11.5 Å². The average Bonchev–Trinajstić information content (AvgIpc) is 3.78. The highest BCUT2D eigenvalue weighted by atomic mass is 32.2. The molecular weight excluding hydrogens is 749 g/mol. The zero-order chi connectivity index (χ0) is 39.8. The number of rotatable bonds is 11. The third-order valence-electron chi connectivity index (χ3n) is 11.2. The number of nitrogens with one attached hydrogen (secondary N) is 2. The predicted octanol–water partition coefficient (Wildman–Crippen LogP) is 4.14. The van der Waals surface area contributed by atoms with Crippen LogP contribution in [0.4, 0.5) is 16.6 Å². The van der Waals surface area contributed by atoms with Crippen LogP contribution in [0.25, 0.3) is 21.9 Å². The van der Waals surface area contributed by atoms with Crippen molar-refractivity contribution < 1.29 is 22.7 Å². The SMILES string of the molecule is CC(C)n1ncc2cnc(NC3CCN(S(=O)(=O)c4ccc(C#N)c(OCCN5CCC(c6ccc7c(N8CCC(=O)NC8=O)nn(C)c7c6)CC5)c4)CC3)nc21. The van der Waals surface area contributed by atoms with Gasteiger partial charge in [0.2, 0.25) is 21.9 Å². The van der Waals surface area contributed by atoms with Gasteiger partial charge >= 0.3 is 6.03 Å². The Kier molecular flexibility index (Phi) is 10.5. The molecule has 0 saturated carbocycles. The van der Waals surface area contributed by atoms with Crippen LogP contribution in [0.3, 0.4) is 0 Å². The second-order valence-corrected chi connectivity index (χ2v) is 17.1. The maximum atomic E-state index is 13.8. The number of benzene rings is 2. The maximum Gasteiger partial charge on any atom is 0.329 e. The van der Waals surface area contributed by atoms with E-state index in [1.165, 1.54) is 33.0 Å². The molecule has 3 amide bonds. The molecule has 0 radical (unpaired) electrons. The van der Waals surface area contributed by atoms with Gasteiger partial charge in [-0.15, -0.1) is 0 Å². The Morgan fingerprint density at radius 3 is 2.54 bits per heavy atom. The Hall–Kier alpha value is -5.64. The van der Waals surface area contributed by atoms with Crippen molar-refractivity contribution in [2.45, 2.75) is 68.8 Å². The summed E-state index contributed by atoms with van der Waals surface area (Å²) in [6, 6.07) is 12.6. The zero-order valence-corrected chi connectivity index (χ0v) is 33.1. The number of ether oxygens (including phenoxy) is 1. The molecule has 0 spiro atoms. The largest absolute Gasteiger partial charge is 0.491 e. The summed E-state index contributed by atoms with van der Waals surface area (Å²) in [6.45, 7) is 7.71. The lowest BCUT2D eigenvalue weighted by molar-refractivity contribution is -0.120. The molecule has 298 valence electrons. The van der Waals surface area contributed by atoms with E-state index in [9.17, 15) is 23.3 Å². The van der Waals surface area contributed by atoms with Crippen molar-refractivity contribution in [2.75, 3.05) is 56.1 Å². The summed E-state index contributed by atoms with van der Waals surface area (Å²) in [5, 5.41) is 26.3. The second kappa shape index (κ2) is 15.7. The van der Waals surface area contributed by atoms with Crippen molar-refractivity contribution in [3.05, 3.63) is 59.9 Å². The zero-order valence-electron chi connectivity index (χ0n) is 32.3. The van der Waals surface area contributed by atoms with Crippen LogP contribution in [0.2, 0.25) is 0 Å². The van der Waals surface area contributed by atoms with Gasteiger partial charge in [0.05, 0.1) is 27.6 Å².